The maximum absolute atomic E-state index is 8.87. The van der Waals surface area contributed by atoms with E-state index in [1.54, 1.807) is 25.4 Å². The lowest BCUT2D eigenvalue weighted by molar-refractivity contribution is 0.0328. The Bertz CT molecular complexity index is 380. The third-order valence-corrected chi connectivity index (χ3v) is 2.70. The summed E-state index contributed by atoms with van der Waals surface area (Å²) in [6.07, 6.45) is 4.02. The second kappa shape index (κ2) is 4.28. The van der Waals surface area contributed by atoms with Crippen LogP contribution in [0, 0.1) is 11.3 Å². The average molecular weight is 203 g/mol. The highest BCUT2D eigenvalue weighted by atomic mass is 16.5. The van der Waals surface area contributed by atoms with Crippen LogP contribution in [0.5, 0.6) is 0 Å². The van der Waals surface area contributed by atoms with Gasteiger partial charge in [-0.25, -0.2) is 4.98 Å². The second-order valence-corrected chi connectivity index (χ2v) is 3.68. The van der Waals surface area contributed by atoms with Gasteiger partial charge in [0.1, 0.15) is 11.9 Å². The maximum Gasteiger partial charge on any atom is 0.144 e. The van der Waals surface area contributed by atoms with E-state index in [9.17, 15) is 0 Å². The standard InChI is InChI=1S/C11H13N3O/c1-15-10-5-9(6-10)14-11-8(7-12)3-2-4-13-11/h2-4,9-10H,5-6H2,1H3,(H,13,14). The first-order valence-corrected chi connectivity index (χ1v) is 4.98. The van der Waals surface area contributed by atoms with Crippen molar-refractivity contribution in [3.05, 3.63) is 23.9 Å². The van der Waals surface area contributed by atoms with E-state index in [2.05, 4.69) is 16.4 Å². The zero-order chi connectivity index (χ0) is 10.7. The van der Waals surface area contributed by atoms with Crippen LogP contribution in [0.4, 0.5) is 5.82 Å². The highest BCUT2D eigenvalue weighted by Gasteiger charge is 2.29. The molecule has 1 saturated carbocycles. The van der Waals surface area contributed by atoms with Crippen molar-refractivity contribution in [3.63, 3.8) is 0 Å². The monoisotopic (exact) mass is 203 g/mol. The van der Waals surface area contributed by atoms with Crippen LogP contribution in [0.3, 0.4) is 0 Å². The molecule has 1 aromatic rings. The fourth-order valence-electron chi connectivity index (χ4n) is 1.68. The van der Waals surface area contributed by atoms with Gasteiger partial charge in [-0.1, -0.05) is 0 Å². The minimum atomic E-state index is 0.358. The van der Waals surface area contributed by atoms with Crippen molar-refractivity contribution < 1.29 is 4.74 Å². The highest BCUT2D eigenvalue weighted by molar-refractivity contribution is 5.52. The van der Waals surface area contributed by atoms with Crippen LogP contribution < -0.4 is 5.32 Å². The summed E-state index contributed by atoms with van der Waals surface area (Å²) in [7, 11) is 1.72. The van der Waals surface area contributed by atoms with Crippen molar-refractivity contribution in [2.45, 2.75) is 25.0 Å². The second-order valence-electron chi connectivity index (χ2n) is 3.68. The lowest BCUT2D eigenvalue weighted by Crippen LogP contribution is -2.40. The smallest absolute Gasteiger partial charge is 0.144 e. The van der Waals surface area contributed by atoms with Gasteiger partial charge >= 0.3 is 0 Å². The molecule has 0 radical (unpaired) electrons. The number of ether oxygens (including phenoxy) is 1. The van der Waals surface area contributed by atoms with Gasteiger partial charge in [-0.05, 0) is 25.0 Å². The predicted octanol–water partition coefficient (Wildman–Crippen LogP) is 1.54. The van der Waals surface area contributed by atoms with Gasteiger partial charge < -0.3 is 10.1 Å². The SMILES string of the molecule is COC1CC(Nc2ncccc2C#N)C1. The van der Waals surface area contributed by atoms with Crippen molar-refractivity contribution in [3.8, 4) is 6.07 Å². The van der Waals surface area contributed by atoms with Crippen LogP contribution in [-0.2, 0) is 4.74 Å². The Kier molecular flexibility index (Phi) is 2.84. The minimum absolute atomic E-state index is 0.358. The summed E-state index contributed by atoms with van der Waals surface area (Å²) in [5.41, 5.74) is 0.596. The summed E-state index contributed by atoms with van der Waals surface area (Å²) in [4.78, 5) is 4.15. The molecule has 1 heterocycles. The van der Waals surface area contributed by atoms with Gasteiger partial charge in [0.25, 0.3) is 0 Å². The molecule has 1 aromatic heterocycles. The third kappa shape index (κ3) is 2.08. The first kappa shape index (κ1) is 9.94. The number of pyridine rings is 1. The molecule has 0 amide bonds. The molecule has 0 unspecified atom stereocenters. The molecule has 0 bridgehead atoms. The molecule has 0 aliphatic heterocycles. The van der Waals surface area contributed by atoms with E-state index < -0.39 is 0 Å². The van der Waals surface area contributed by atoms with Crippen LogP contribution in [0.2, 0.25) is 0 Å². The molecular weight excluding hydrogens is 190 g/mol. The van der Waals surface area contributed by atoms with Crippen LogP contribution >= 0.6 is 0 Å². The minimum Gasteiger partial charge on any atom is -0.381 e. The Morgan fingerprint density at radius 2 is 2.40 bits per heavy atom. The molecule has 1 fully saturated rings. The lowest BCUT2D eigenvalue weighted by Gasteiger charge is -2.35. The number of nitrogens with zero attached hydrogens (tertiary/aromatic N) is 2. The number of rotatable bonds is 3. The number of nitrogens with one attached hydrogen (secondary N) is 1. The molecule has 0 atom stereocenters. The number of aromatic nitrogens is 1. The summed E-state index contributed by atoms with van der Waals surface area (Å²) in [6.45, 7) is 0. The van der Waals surface area contributed by atoms with Crippen LogP contribution in [0.1, 0.15) is 18.4 Å². The molecule has 4 heteroatoms. The molecule has 78 valence electrons. The van der Waals surface area contributed by atoms with Crippen LogP contribution in [0.15, 0.2) is 18.3 Å². The van der Waals surface area contributed by atoms with Gasteiger partial charge in [-0.3, -0.25) is 0 Å². The van der Waals surface area contributed by atoms with E-state index in [-0.39, 0.29) is 0 Å². The third-order valence-electron chi connectivity index (χ3n) is 2.70. The predicted molar refractivity (Wildman–Crippen MR) is 56.4 cm³/mol. The summed E-state index contributed by atoms with van der Waals surface area (Å²) in [5, 5.41) is 12.1. The molecule has 0 saturated heterocycles. The zero-order valence-corrected chi connectivity index (χ0v) is 8.60. The molecule has 0 aromatic carbocycles. The van der Waals surface area contributed by atoms with Gasteiger partial charge in [0.2, 0.25) is 0 Å². The first-order chi connectivity index (χ1) is 7.33. The molecule has 4 nitrogen and oxygen atoms in total. The highest BCUT2D eigenvalue weighted by Crippen LogP contribution is 2.26. The maximum atomic E-state index is 8.87. The number of hydrogen-bond acceptors (Lipinski definition) is 4. The van der Waals surface area contributed by atoms with Gasteiger partial charge in [0.15, 0.2) is 0 Å². The van der Waals surface area contributed by atoms with Crippen LogP contribution in [-0.4, -0.2) is 24.2 Å². The number of methoxy groups -OCH3 is 1. The van der Waals surface area contributed by atoms with Gasteiger partial charge in [0.05, 0.1) is 11.7 Å². The molecular formula is C11H13N3O. The lowest BCUT2D eigenvalue weighted by atomic mass is 9.89. The Balaban J connectivity index is 1.97. The molecule has 2 rings (SSSR count). The molecule has 1 aliphatic rings. The van der Waals surface area contributed by atoms with Crippen molar-refractivity contribution in [1.82, 2.24) is 4.98 Å². The number of hydrogen-bond donors (Lipinski definition) is 1. The summed E-state index contributed by atoms with van der Waals surface area (Å²) in [6, 6.07) is 6.04. The van der Waals surface area contributed by atoms with Gasteiger partial charge in [0, 0.05) is 19.3 Å². The molecule has 0 spiro atoms. The van der Waals surface area contributed by atoms with Crippen molar-refractivity contribution in [2.75, 3.05) is 12.4 Å². The van der Waals surface area contributed by atoms with E-state index in [0.29, 0.717) is 23.5 Å². The van der Waals surface area contributed by atoms with E-state index in [0.717, 1.165) is 12.8 Å². The van der Waals surface area contributed by atoms with Crippen molar-refractivity contribution >= 4 is 5.82 Å². The van der Waals surface area contributed by atoms with E-state index >= 15 is 0 Å². The van der Waals surface area contributed by atoms with E-state index in [1.165, 1.54) is 0 Å². The first-order valence-electron chi connectivity index (χ1n) is 4.98. The van der Waals surface area contributed by atoms with Gasteiger partial charge in [-0.2, -0.15) is 5.26 Å². The Hall–Kier alpha value is -1.60. The summed E-state index contributed by atoms with van der Waals surface area (Å²) in [5.74, 6) is 0.680. The average Bonchev–Trinajstić information content (AvgIpc) is 2.23. The van der Waals surface area contributed by atoms with E-state index in [4.69, 9.17) is 10.00 Å². The zero-order valence-electron chi connectivity index (χ0n) is 8.60. The fourth-order valence-corrected chi connectivity index (χ4v) is 1.68. The number of nitriles is 1. The normalized spacial score (nSPS) is 24.0. The van der Waals surface area contributed by atoms with Crippen LogP contribution in [0.25, 0.3) is 0 Å². The molecule has 15 heavy (non-hydrogen) atoms. The summed E-state index contributed by atoms with van der Waals surface area (Å²) >= 11 is 0. The Morgan fingerprint density at radius 1 is 1.60 bits per heavy atom. The summed E-state index contributed by atoms with van der Waals surface area (Å²) < 4.78 is 5.19. The largest absolute Gasteiger partial charge is 0.381 e. The quantitative estimate of drug-likeness (QED) is 0.809. The van der Waals surface area contributed by atoms with Gasteiger partial charge in [-0.15, -0.1) is 0 Å². The number of anilines is 1. The Labute approximate surface area is 88.9 Å². The molecule has 1 N–H and O–H groups in total. The topological polar surface area (TPSA) is 57.9 Å². The Morgan fingerprint density at radius 3 is 3.07 bits per heavy atom. The fraction of sp³-hybridized carbons (Fsp3) is 0.455. The van der Waals surface area contributed by atoms with E-state index in [1.807, 2.05) is 0 Å². The van der Waals surface area contributed by atoms with Crippen molar-refractivity contribution in [2.24, 2.45) is 0 Å². The van der Waals surface area contributed by atoms with Crippen molar-refractivity contribution in [1.29, 1.82) is 5.26 Å². The molecule has 1 aliphatic carbocycles.